The van der Waals surface area contributed by atoms with E-state index in [1.807, 2.05) is 18.2 Å². The number of fused-ring (bicyclic) bond motifs is 1. The highest BCUT2D eigenvalue weighted by molar-refractivity contribution is 7.22. The number of benzene rings is 2. The minimum absolute atomic E-state index is 0.00793. The zero-order valence-corrected chi connectivity index (χ0v) is 12.6. The third-order valence-corrected chi connectivity index (χ3v) is 3.88. The Morgan fingerprint density at radius 3 is 2.78 bits per heavy atom. The number of anilines is 1. The molecule has 0 fully saturated rings. The monoisotopic (exact) mass is 329 g/mol. The van der Waals surface area contributed by atoms with Gasteiger partial charge in [0, 0.05) is 12.1 Å². The van der Waals surface area contributed by atoms with Gasteiger partial charge >= 0.3 is 0 Å². The van der Waals surface area contributed by atoms with E-state index >= 15 is 0 Å². The lowest BCUT2D eigenvalue weighted by Crippen LogP contribution is -2.19. The molecule has 116 valence electrons. The molecule has 1 amide bonds. The minimum Gasteiger partial charge on any atom is -0.484 e. The van der Waals surface area contributed by atoms with Gasteiger partial charge < -0.3 is 4.74 Å². The molecule has 0 bridgehead atoms. The van der Waals surface area contributed by atoms with Gasteiger partial charge in [-0.1, -0.05) is 29.5 Å². The molecule has 7 nitrogen and oxygen atoms in total. The van der Waals surface area contributed by atoms with Gasteiger partial charge in [-0.2, -0.15) is 0 Å². The second kappa shape index (κ2) is 6.41. The van der Waals surface area contributed by atoms with E-state index in [-0.39, 0.29) is 18.2 Å². The smallest absolute Gasteiger partial charge is 0.270 e. The van der Waals surface area contributed by atoms with Crippen LogP contribution in [0.15, 0.2) is 48.5 Å². The number of nitrogens with zero attached hydrogens (tertiary/aromatic N) is 2. The Morgan fingerprint density at radius 1 is 1.26 bits per heavy atom. The molecule has 0 unspecified atom stereocenters. The van der Waals surface area contributed by atoms with E-state index in [2.05, 4.69) is 10.3 Å². The zero-order chi connectivity index (χ0) is 16.2. The SMILES string of the molecule is O=C(COc1ccccc1)Nc1nc2ccc([N+](=O)[O-])cc2s1. The molecule has 0 saturated heterocycles. The third kappa shape index (κ3) is 3.61. The maximum absolute atomic E-state index is 11.9. The van der Waals surface area contributed by atoms with Crippen LogP contribution in [0.25, 0.3) is 10.2 Å². The average molecular weight is 329 g/mol. The molecular weight excluding hydrogens is 318 g/mol. The molecule has 1 aromatic heterocycles. The molecule has 0 spiro atoms. The topological polar surface area (TPSA) is 94.4 Å². The van der Waals surface area contributed by atoms with E-state index < -0.39 is 4.92 Å². The number of nitro groups is 1. The molecule has 2 aromatic carbocycles. The van der Waals surface area contributed by atoms with Gasteiger partial charge in [0.25, 0.3) is 11.6 Å². The summed E-state index contributed by atoms with van der Waals surface area (Å²) in [5.74, 6) is 0.255. The summed E-state index contributed by atoms with van der Waals surface area (Å²) in [7, 11) is 0. The summed E-state index contributed by atoms with van der Waals surface area (Å²) in [5, 5.41) is 13.8. The number of hydrogen-bond acceptors (Lipinski definition) is 6. The number of aromatic nitrogens is 1. The van der Waals surface area contributed by atoms with Gasteiger partial charge in [-0.15, -0.1) is 0 Å². The number of carbonyl (C=O) groups is 1. The van der Waals surface area contributed by atoms with Crippen molar-refractivity contribution in [2.45, 2.75) is 0 Å². The van der Waals surface area contributed by atoms with Crippen molar-refractivity contribution in [3.63, 3.8) is 0 Å². The number of carbonyl (C=O) groups excluding carboxylic acids is 1. The van der Waals surface area contributed by atoms with Crippen LogP contribution in [-0.4, -0.2) is 22.4 Å². The number of nitrogens with one attached hydrogen (secondary N) is 1. The van der Waals surface area contributed by atoms with Crippen LogP contribution >= 0.6 is 11.3 Å². The first kappa shape index (κ1) is 14.9. The lowest BCUT2D eigenvalue weighted by molar-refractivity contribution is -0.384. The number of non-ortho nitro benzene ring substituents is 1. The number of rotatable bonds is 5. The Kier molecular flexibility index (Phi) is 4.15. The molecule has 23 heavy (non-hydrogen) atoms. The van der Waals surface area contributed by atoms with Crippen LogP contribution in [0, 0.1) is 10.1 Å². The normalized spacial score (nSPS) is 10.4. The van der Waals surface area contributed by atoms with E-state index in [0.717, 1.165) is 0 Å². The fourth-order valence-corrected chi connectivity index (χ4v) is 2.82. The molecule has 0 radical (unpaired) electrons. The Morgan fingerprint density at radius 2 is 2.04 bits per heavy atom. The number of thiazole rings is 1. The third-order valence-electron chi connectivity index (χ3n) is 2.94. The van der Waals surface area contributed by atoms with Crippen LogP contribution in [0.3, 0.4) is 0 Å². The first-order valence-electron chi connectivity index (χ1n) is 6.64. The van der Waals surface area contributed by atoms with E-state index in [1.165, 1.54) is 23.5 Å². The van der Waals surface area contributed by atoms with Crippen molar-refractivity contribution >= 4 is 38.3 Å². The number of hydrogen-bond donors (Lipinski definition) is 1. The van der Waals surface area contributed by atoms with E-state index in [4.69, 9.17) is 4.74 Å². The van der Waals surface area contributed by atoms with Gasteiger partial charge in [0.2, 0.25) is 0 Å². The molecule has 1 heterocycles. The Balaban J connectivity index is 1.66. The largest absolute Gasteiger partial charge is 0.484 e. The predicted molar refractivity (Wildman–Crippen MR) is 86.8 cm³/mol. The summed E-state index contributed by atoms with van der Waals surface area (Å²) in [4.78, 5) is 26.4. The summed E-state index contributed by atoms with van der Waals surface area (Å²) in [6.07, 6.45) is 0. The van der Waals surface area contributed by atoms with Crippen LogP contribution in [0.4, 0.5) is 10.8 Å². The highest BCUT2D eigenvalue weighted by atomic mass is 32.1. The lowest BCUT2D eigenvalue weighted by Gasteiger charge is -2.04. The quantitative estimate of drug-likeness (QED) is 0.573. The van der Waals surface area contributed by atoms with Crippen molar-refractivity contribution in [2.75, 3.05) is 11.9 Å². The average Bonchev–Trinajstić information content (AvgIpc) is 2.95. The van der Waals surface area contributed by atoms with Crippen molar-refractivity contribution in [1.82, 2.24) is 4.98 Å². The van der Waals surface area contributed by atoms with Crippen molar-refractivity contribution in [3.05, 3.63) is 58.6 Å². The van der Waals surface area contributed by atoms with E-state index in [1.54, 1.807) is 18.2 Å². The summed E-state index contributed by atoms with van der Waals surface area (Å²) in [6, 6.07) is 13.4. The molecule has 0 saturated carbocycles. The van der Waals surface area contributed by atoms with Crippen LogP contribution in [0.1, 0.15) is 0 Å². The maximum atomic E-state index is 11.9. The van der Waals surface area contributed by atoms with Gasteiger partial charge in [-0.25, -0.2) is 4.98 Å². The van der Waals surface area contributed by atoms with Crippen LogP contribution < -0.4 is 10.1 Å². The lowest BCUT2D eigenvalue weighted by atomic mass is 10.3. The van der Waals surface area contributed by atoms with Crippen LogP contribution in [0.5, 0.6) is 5.75 Å². The fourth-order valence-electron chi connectivity index (χ4n) is 1.90. The highest BCUT2D eigenvalue weighted by Gasteiger charge is 2.12. The summed E-state index contributed by atoms with van der Waals surface area (Å²) >= 11 is 1.18. The van der Waals surface area contributed by atoms with Crippen molar-refractivity contribution in [2.24, 2.45) is 0 Å². The fraction of sp³-hybridized carbons (Fsp3) is 0.0667. The molecule has 8 heteroatoms. The van der Waals surface area contributed by atoms with Gasteiger partial charge in [-0.05, 0) is 18.2 Å². The van der Waals surface area contributed by atoms with E-state index in [0.29, 0.717) is 21.1 Å². The molecule has 0 aliphatic heterocycles. The standard InChI is InChI=1S/C15H11N3O4S/c19-14(9-22-11-4-2-1-3-5-11)17-15-16-12-7-6-10(18(20)21)8-13(12)23-15/h1-8H,9H2,(H,16,17,19). The summed E-state index contributed by atoms with van der Waals surface area (Å²) < 4.78 is 5.98. The van der Waals surface area contributed by atoms with Gasteiger partial charge in [0.05, 0.1) is 15.1 Å². The number of nitro benzene ring substituents is 1. The molecule has 0 atom stereocenters. The maximum Gasteiger partial charge on any atom is 0.270 e. The molecule has 3 aromatic rings. The summed E-state index contributed by atoms with van der Waals surface area (Å²) in [6.45, 7) is -0.139. The first-order chi connectivity index (χ1) is 11.1. The Hall–Kier alpha value is -3.00. The molecule has 0 aliphatic carbocycles. The van der Waals surface area contributed by atoms with Crippen LogP contribution in [-0.2, 0) is 4.79 Å². The highest BCUT2D eigenvalue weighted by Crippen LogP contribution is 2.29. The van der Waals surface area contributed by atoms with Gasteiger partial charge in [-0.3, -0.25) is 20.2 Å². The molecule has 1 N–H and O–H groups in total. The number of amides is 1. The van der Waals surface area contributed by atoms with Crippen LogP contribution in [0.2, 0.25) is 0 Å². The Bertz CT molecular complexity index is 864. The molecular formula is C15H11N3O4S. The molecule has 3 rings (SSSR count). The second-order valence-corrected chi connectivity index (χ2v) is 5.61. The minimum atomic E-state index is -0.467. The predicted octanol–water partition coefficient (Wildman–Crippen LogP) is 3.22. The second-order valence-electron chi connectivity index (χ2n) is 4.58. The van der Waals surface area contributed by atoms with Gasteiger partial charge in [0.15, 0.2) is 11.7 Å². The van der Waals surface area contributed by atoms with Gasteiger partial charge in [0.1, 0.15) is 5.75 Å². The first-order valence-corrected chi connectivity index (χ1v) is 7.46. The number of ether oxygens (including phenoxy) is 1. The van der Waals surface area contributed by atoms with Crippen molar-refractivity contribution in [3.8, 4) is 5.75 Å². The molecule has 0 aliphatic rings. The van der Waals surface area contributed by atoms with Crippen molar-refractivity contribution in [1.29, 1.82) is 0 Å². The summed E-state index contributed by atoms with van der Waals surface area (Å²) in [5.41, 5.74) is 0.589. The number of para-hydroxylation sites is 1. The van der Waals surface area contributed by atoms with E-state index in [9.17, 15) is 14.9 Å². The van der Waals surface area contributed by atoms with Crippen molar-refractivity contribution < 1.29 is 14.5 Å². The zero-order valence-electron chi connectivity index (χ0n) is 11.8. The Labute approximate surface area is 134 Å².